The lowest BCUT2D eigenvalue weighted by Crippen LogP contribution is -2.51. The van der Waals surface area contributed by atoms with Crippen LogP contribution in [0, 0.1) is 5.82 Å². The fourth-order valence-electron chi connectivity index (χ4n) is 2.64. The Bertz CT molecular complexity index is 399. The highest BCUT2D eigenvalue weighted by Crippen LogP contribution is 2.27. The Morgan fingerprint density at radius 2 is 2.00 bits per heavy atom. The number of rotatable bonds is 7. The lowest BCUT2D eigenvalue weighted by atomic mass is 9.84. The lowest BCUT2D eigenvalue weighted by Gasteiger charge is -2.38. The van der Waals surface area contributed by atoms with Crippen LogP contribution in [0.3, 0.4) is 0 Å². The molecule has 0 aliphatic carbocycles. The molecule has 0 aromatic heterocycles. The number of nitrogens with one attached hydrogen (secondary N) is 1. The maximum atomic E-state index is 13.8. The topological polar surface area (TPSA) is 21.3 Å². The monoisotopic (exact) mass is 287 g/mol. The average Bonchev–Trinajstić information content (AvgIpc) is 2.43. The number of hydrogen-bond acceptors (Lipinski definition) is 2. The molecule has 0 fully saturated rings. The third-order valence-corrected chi connectivity index (χ3v) is 4.25. The van der Waals surface area contributed by atoms with Gasteiger partial charge in [0.2, 0.25) is 0 Å². The van der Waals surface area contributed by atoms with Gasteiger partial charge in [-0.1, -0.05) is 25.4 Å². The summed E-state index contributed by atoms with van der Waals surface area (Å²) in [6.07, 6.45) is 2.29. The summed E-state index contributed by atoms with van der Waals surface area (Å²) in [7, 11) is 3.60. The second-order valence-corrected chi connectivity index (χ2v) is 5.19. The van der Waals surface area contributed by atoms with Crippen molar-refractivity contribution in [3.05, 3.63) is 34.6 Å². The summed E-state index contributed by atoms with van der Waals surface area (Å²) in [6, 6.07) is 4.71. The van der Waals surface area contributed by atoms with Crippen LogP contribution >= 0.6 is 11.6 Å². The summed E-state index contributed by atoms with van der Waals surface area (Å²) in [5, 5.41) is 3.81. The van der Waals surface area contributed by atoms with Crippen LogP contribution in [0.25, 0.3) is 0 Å². The van der Waals surface area contributed by atoms with Gasteiger partial charge in [0, 0.05) is 18.2 Å². The number of ether oxygens (including phenoxy) is 1. The van der Waals surface area contributed by atoms with E-state index in [1.54, 1.807) is 19.2 Å². The third-order valence-electron chi connectivity index (χ3n) is 4.02. The first-order valence-electron chi connectivity index (χ1n) is 6.69. The van der Waals surface area contributed by atoms with E-state index >= 15 is 0 Å². The van der Waals surface area contributed by atoms with E-state index < -0.39 is 0 Å². The molecule has 0 aliphatic rings. The number of halogens is 2. The zero-order valence-electron chi connectivity index (χ0n) is 12.1. The zero-order valence-corrected chi connectivity index (χ0v) is 12.9. The van der Waals surface area contributed by atoms with E-state index in [0.717, 1.165) is 12.8 Å². The Balaban J connectivity index is 3.01. The van der Waals surface area contributed by atoms with Crippen LogP contribution in [0.15, 0.2) is 18.2 Å². The number of methoxy groups -OCH3 is 1. The highest BCUT2D eigenvalue weighted by atomic mass is 35.5. The zero-order chi connectivity index (χ0) is 14.5. The minimum absolute atomic E-state index is 0.0421. The molecule has 19 heavy (non-hydrogen) atoms. The Morgan fingerprint density at radius 3 is 2.47 bits per heavy atom. The molecule has 2 nitrogen and oxygen atoms in total. The smallest absolute Gasteiger partial charge is 0.126 e. The molecule has 1 N–H and O–H groups in total. The van der Waals surface area contributed by atoms with Gasteiger partial charge in [-0.15, -0.1) is 0 Å². The maximum absolute atomic E-state index is 13.8. The van der Waals surface area contributed by atoms with Crippen molar-refractivity contribution in [3.63, 3.8) is 0 Å². The molecule has 0 saturated carbocycles. The van der Waals surface area contributed by atoms with Gasteiger partial charge < -0.3 is 10.1 Å². The first-order valence-corrected chi connectivity index (χ1v) is 7.07. The Labute approximate surface area is 120 Å². The van der Waals surface area contributed by atoms with Crippen molar-refractivity contribution < 1.29 is 9.13 Å². The van der Waals surface area contributed by atoms with Crippen LogP contribution in [-0.2, 0) is 11.2 Å². The first kappa shape index (κ1) is 16.4. The summed E-state index contributed by atoms with van der Waals surface area (Å²) in [4.78, 5) is 0. The molecule has 0 saturated heterocycles. The Morgan fingerprint density at radius 1 is 1.37 bits per heavy atom. The number of hydrogen-bond donors (Lipinski definition) is 1. The minimum Gasteiger partial charge on any atom is -0.377 e. The van der Waals surface area contributed by atoms with E-state index in [1.165, 1.54) is 6.07 Å². The molecule has 0 radical (unpaired) electrons. The summed E-state index contributed by atoms with van der Waals surface area (Å²) in [5.74, 6) is -0.221. The summed E-state index contributed by atoms with van der Waals surface area (Å²) >= 11 is 5.94. The van der Waals surface area contributed by atoms with Crippen molar-refractivity contribution in [3.8, 4) is 0 Å². The fourth-order valence-corrected chi connectivity index (χ4v) is 2.84. The molecule has 108 valence electrons. The van der Waals surface area contributed by atoms with E-state index in [9.17, 15) is 4.39 Å². The largest absolute Gasteiger partial charge is 0.377 e. The van der Waals surface area contributed by atoms with Crippen LogP contribution in [0.2, 0.25) is 5.02 Å². The van der Waals surface area contributed by atoms with Crippen molar-refractivity contribution >= 4 is 11.6 Å². The Hall–Kier alpha value is -0.640. The third kappa shape index (κ3) is 3.68. The fraction of sp³-hybridized carbons (Fsp3) is 0.600. The van der Waals surface area contributed by atoms with E-state index in [1.807, 2.05) is 7.05 Å². The van der Waals surface area contributed by atoms with E-state index in [2.05, 4.69) is 19.2 Å². The Kier molecular flexibility index (Phi) is 6.24. The molecule has 1 aromatic rings. The molecule has 1 rings (SSSR count). The molecular weight excluding hydrogens is 265 g/mol. The van der Waals surface area contributed by atoms with Gasteiger partial charge >= 0.3 is 0 Å². The van der Waals surface area contributed by atoms with Gasteiger partial charge in [0.1, 0.15) is 5.82 Å². The van der Waals surface area contributed by atoms with Crippen LogP contribution < -0.4 is 5.32 Å². The molecular formula is C15H23ClFNO. The first-order chi connectivity index (χ1) is 9.02. The molecule has 1 aromatic carbocycles. The van der Waals surface area contributed by atoms with Gasteiger partial charge in [-0.3, -0.25) is 0 Å². The van der Waals surface area contributed by atoms with Gasteiger partial charge in [0.05, 0.1) is 5.60 Å². The van der Waals surface area contributed by atoms with Crippen LogP contribution in [0.5, 0.6) is 0 Å². The highest BCUT2D eigenvalue weighted by Gasteiger charge is 2.35. The predicted octanol–water partition coefficient (Wildman–Crippen LogP) is 3.81. The second-order valence-electron chi connectivity index (χ2n) is 4.76. The average molecular weight is 288 g/mol. The van der Waals surface area contributed by atoms with Gasteiger partial charge in [-0.2, -0.15) is 0 Å². The SMILES string of the molecule is CCC(CC)(OC)C(Cc1cc(Cl)ccc1F)NC. The van der Waals surface area contributed by atoms with Crippen molar-refractivity contribution in [1.29, 1.82) is 0 Å². The van der Waals surface area contributed by atoms with E-state index in [0.29, 0.717) is 17.0 Å². The van der Waals surface area contributed by atoms with Crippen LogP contribution in [0.1, 0.15) is 32.3 Å². The van der Waals surface area contributed by atoms with E-state index in [-0.39, 0.29) is 17.5 Å². The normalized spacial score (nSPS) is 13.6. The van der Waals surface area contributed by atoms with Gasteiger partial charge in [-0.25, -0.2) is 4.39 Å². The van der Waals surface area contributed by atoms with Crippen molar-refractivity contribution in [2.24, 2.45) is 0 Å². The molecule has 0 spiro atoms. The predicted molar refractivity (Wildman–Crippen MR) is 78.3 cm³/mol. The van der Waals surface area contributed by atoms with Crippen molar-refractivity contribution in [2.75, 3.05) is 14.2 Å². The quantitative estimate of drug-likeness (QED) is 0.823. The van der Waals surface area contributed by atoms with Crippen LogP contribution in [0.4, 0.5) is 4.39 Å². The molecule has 0 bridgehead atoms. The van der Waals surface area contributed by atoms with Gasteiger partial charge in [0.15, 0.2) is 0 Å². The molecule has 0 amide bonds. The minimum atomic E-state index is -0.288. The van der Waals surface area contributed by atoms with Crippen molar-refractivity contribution in [2.45, 2.75) is 44.8 Å². The maximum Gasteiger partial charge on any atom is 0.126 e. The number of likely N-dealkylation sites (N-methyl/N-ethyl adjacent to an activating group) is 1. The molecule has 1 unspecified atom stereocenters. The van der Waals surface area contributed by atoms with Gasteiger partial charge in [-0.05, 0) is 50.1 Å². The van der Waals surface area contributed by atoms with Crippen molar-refractivity contribution in [1.82, 2.24) is 5.32 Å². The lowest BCUT2D eigenvalue weighted by molar-refractivity contribution is -0.0456. The molecule has 4 heteroatoms. The molecule has 0 aliphatic heterocycles. The summed E-state index contributed by atoms with van der Waals surface area (Å²) in [6.45, 7) is 4.18. The molecule has 0 heterocycles. The van der Waals surface area contributed by atoms with E-state index in [4.69, 9.17) is 16.3 Å². The standard InChI is InChI=1S/C15H23ClFNO/c1-5-15(6-2,19-4)14(18-3)10-11-9-12(16)7-8-13(11)17/h7-9,14,18H,5-6,10H2,1-4H3. The highest BCUT2D eigenvalue weighted by molar-refractivity contribution is 6.30. The van der Waals surface area contributed by atoms with Crippen LogP contribution in [-0.4, -0.2) is 25.8 Å². The molecule has 1 atom stereocenters. The number of benzene rings is 1. The van der Waals surface area contributed by atoms with Gasteiger partial charge in [0.25, 0.3) is 0 Å². The summed E-state index contributed by atoms with van der Waals surface area (Å²) in [5.41, 5.74) is 0.332. The summed E-state index contributed by atoms with van der Waals surface area (Å²) < 4.78 is 19.6. The second kappa shape index (κ2) is 7.22.